The number of benzene rings is 1. The summed E-state index contributed by atoms with van der Waals surface area (Å²) in [7, 11) is 0. The van der Waals surface area contributed by atoms with Crippen LogP contribution in [0, 0.1) is 5.41 Å². The molecule has 1 spiro atoms. The van der Waals surface area contributed by atoms with Gasteiger partial charge in [0.25, 0.3) is 0 Å². The van der Waals surface area contributed by atoms with Crippen LogP contribution in [0.4, 0.5) is 0 Å². The molecule has 0 bridgehead atoms. The first-order chi connectivity index (χ1) is 13.2. The molecular formula is C22H30N2OS2. The zero-order valence-electron chi connectivity index (χ0n) is 15.9. The Morgan fingerprint density at radius 2 is 1.96 bits per heavy atom. The number of nitrogens with zero attached hydrogens (tertiary/aromatic N) is 1. The van der Waals surface area contributed by atoms with E-state index in [9.17, 15) is 4.79 Å². The zero-order chi connectivity index (χ0) is 18.4. The first-order valence-corrected chi connectivity index (χ1v) is 12.5. The van der Waals surface area contributed by atoms with Gasteiger partial charge in [0.05, 0.1) is 11.4 Å². The Balaban J connectivity index is 1.42. The number of rotatable bonds is 2. The lowest BCUT2D eigenvalue weighted by Gasteiger charge is -2.33. The largest absolute Gasteiger partial charge is 0.368 e. The third-order valence-electron chi connectivity index (χ3n) is 7.42. The van der Waals surface area contributed by atoms with E-state index in [1.807, 2.05) is 11.8 Å². The average Bonchev–Trinajstić information content (AvgIpc) is 3.19. The van der Waals surface area contributed by atoms with Crippen LogP contribution in [0.15, 0.2) is 29.2 Å². The van der Waals surface area contributed by atoms with Gasteiger partial charge in [-0.25, -0.2) is 0 Å². The van der Waals surface area contributed by atoms with Crippen LogP contribution in [0.1, 0.15) is 62.8 Å². The number of primary amides is 1. The van der Waals surface area contributed by atoms with Gasteiger partial charge in [-0.3, -0.25) is 9.69 Å². The smallest absolute Gasteiger partial charge is 0.235 e. The Kier molecular flexibility index (Phi) is 4.98. The van der Waals surface area contributed by atoms with Crippen molar-refractivity contribution in [3.63, 3.8) is 0 Å². The highest BCUT2D eigenvalue weighted by Crippen LogP contribution is 2.57. The number of thioether (sulfide) groups is 2. The van der Waals surface area contributed by atoms with E-state index >= 15 is 0 Å². The van der Waals surface area contributed by atoms with Gasteiger partial charge in [0.1, 0.15) is 0 Å². The van der Waals surface area contributed by atoms with Crippen molar-refractivity contribution in [3.8, 4) is 0 Å². The number of fused-ring (bicyclic) bond motifs is 2. The molecule has 4 atom stereocenters. The highest BCUT2D eigenvalue weighted by Gasteiger charge is 2.56. The maximum absolute atomic E-state index is 12.4. The molecule has 146 valence electrons. The van der Waals surface area contributed by atoms with Crippen molar-refractivity contribution in [2.75, 3.05) is 12.3 Å². The first-order valence-electron chi connectivity index (χ1n) is 10.6. The maximum Gasteiger partial charge on any atom is 0.235 e. The van der Waals surface area contributed by atoms with Gasteiger partial charge in [-0.15, -0.1) is 23.5 Å². The van der Waals surface area contributed by atoms with Crippen molar-refractivity contribution in [1.29, 1.82) is 0 Å². The van der Waals surface area contributed by atoms with Crippen LogP contribution >= 0.6 is 23.5 Å². The van der Waals surface area contributed by atoms with Gasteiger partial charge < -0.3 is 5.73 Å². The van der Waals surface area contributed by atoms with Crippen LogP contribution in [0.25, 0.3) is 0 Å². The van der Waals surface area contributed by atoms with Crippen LogP contribution in [-0.4, -0.2) is 39.8 Å². The van der Waals surface area contributed by atoms with Gasteiger partial charge in [-0.1, -0.05) is 31.0 Å². The molecule has 3 unspecified atom stereocenters. The predicted molar refractivity (Wildman–Crippen MR) is 114 cm³/mol. The van der Waals surface area contributed by atoms with Crippen molar-refractivity contribution >= 4 is 29.4 Å². The molecule has 4 aliphatic rings. The van der Waals surface area contributed by atoms with Crippen molar-refractivity contribution in [2.24, 2.45) is 11.1 Å². The van der Waals surface area contributed by atoms with E-state index in [2.05, 4.69) is 40.9 Å². The molecule has 27 heavy (non-hydrogen) atoms. The fraction of sp³-hybridized carbons (Fsp3) is 0.682. The van der Waals surface area contributed by atoms with Crippen molar-refractivity contribution in [3.05, 3.63) is 29.8 Å². The zero-order valence-corrected chi connectivity index (χ0v) is 17.6. The highest BCUT2D eigenvalue weighted by atomic mass is 32.2. The number of carbonyl (C=O) groups excluding carboxylic acids is 1. The summed E-state index contributed by atoms with van der Waals surface area (Å²) in [4.78, 5) is 16.5. The predicted octanol–water partition coefficient (Wildman–Crippen LogP) is 4.61. The molecule has 1 saturated carbocycles. The molecule has 5 rings (SSSR count). The van der Waals surface area contributed by atoms with Crippen molar-refractivity contribution in [2.45, 2.75) is 78.8 Å². The van der Waals surface area contributed by atoms with Crippen molar-refractivity contribution in [1.82, 2.24) is 4.90 Å². The molecule has 3 fully saturated rings. The van der Waals surface area contributed by atoms with E-state index < -0.39 is 0 Å². The highest BCUT2D eigenvalue weighted by molar-refractivity contribution is 8.00. The molecule has 3 heterocycles. The summed E-state index contributed by atoms with van der Waals surface area (Å²) in [6.45, 7) is 1.05. The molecule has 1 aliphatic carbocycles. The van der Waals surface area contributed by atoms with E-state index in [0.29, 0.717) is 16.5 Å². The molecule has 2 saturated heterocycles. The molecule has 1 aromatic rings. The lowest BCUT2D eigenvalue weighted by atomic mass is 9.78. The van der Waals surface area contributed by atoms with Gasteiger partial charge in [0.15, 0.2) is 0 Å². The molecule has 0 radical (unpaired) electrons. The molecule has 1 aromatic carbocycles. The summed E-state index contributed by atoms with van der Waals surface area (Å²) in [5.74, 6) is 1.83. The number of amides is 1. The monoisotopic (exact) mass is 402 g/mol. The molecule has 3 nitrogen and oxygen atoms in total. The molecular weight excluding hydrogens is 372 g/mol. The Morgan fingerprint density at radius 1 is 1.15 bits per heavy atom. The van der Waals surface area contributed by atoms with E-state index in [1.165, 1.54) is 62.0 Å². The van der Waals surface area contributed by atoms with E-state index in [0.717, 1.165) is 6.54 Å². The third kappa shape index (κ3) is 3.14. The number of hydrogen-bond donors (Lipinski definition) is 1. The minimum Gasteiger partial charge on any atom is -0.368 e. The second-order valence-corrected chi connectivity index (χ2v) is 11.4. The number of hydrogen-bond acceptors (Lipinski definition) is 4. The minimum atomic E-state index is -0.0714. The van der Waals surface area contributed by atoms with Gasteiger partial charge in [-0.05, 0) is 67.2 Å². The van der Waals surface area contributed by atoms with Gasteiger partial charge in [0, 0.05) is 16.7 Å². The van der Waals surface area contributed by atoms with Crippen LogP contribution < -0.4 is 5.73 Å². The Hall–Kier alpha value is -0.650. The number of nitrogens with two attached hydrogens (primary N) is 1. The Bertz CT molecular complexity index is 718. The summed E-state index contributed by atoms with van der Waals surface area (Å²) in [5, 5.41) is 1.15. The van der Waals surface area contributed by atoms with Gasteiger partial charge in [-0.2, -0.15) is 0 Å². The number of carbonyl (C=O) groups is 1. The van der Waals surface area contributed by atoms with Gasteiger partial charge in [0.2, 0.25) is 5.91 Å². The molecule has 0 aromatic heterocycles. The second-order valence-electron chi connectivity index (χ2n) is 8.87. The van der Waals surface area contributed by atoms with Crippen molar-refractivity contribution < 1.29 is 4.79 Å². The van der Waals surface area contributed by atoms with Gasteiger partial charge >= 0.3 is 0 Å². The Labute approximate surface area is 171 Å². The fourth-order valence-electron chi connectivity index (χ4n) is 6.31. The molecule has 3 aliphatic heterocycles. The normalized spacial score (nSPS) is 35.6. The quantitative estimate of drug-likeness (QED) is 0.785. The average molecular weight is 403 g/mol. The fourth-order valence-corrected chi connectivity index (χ4v) is 9.46. The third-order valence-corrected chi connectivity index (χ3v) is 10.2. The SMILES string of the molecule is NC(=O)C1N2CCCC([C@@H]3CCSc4ccccc43)SC2CC12CCCC2. The second kappa shape index (κ2) is 7.31. The summed E-state index contributed by atoms with van der Waals surface area (Å²) < 4.78 is 0. The van der Waals surface area contributed by atoms with E-state index in [-0.39, 0.29) is 17.4 Å². The van der Waals surface area contributed by atoms with Crippen LogP contribution in [0.5, 0.6) is 0 Å². The summed E-state index contributed by atoms with van der Waals surface area (Å²) in [5.41, 5.74) is 7.70. The van der Waals surface area contributed by atoms with E-state index in [4.69, 9.17) is 5.73 Å². The topological polar surface area (TPSA) is 46.3 Å². The summed E-state index contributed by atoms with van der Waals surface area (Å²) in [6.07, 6.45) is 9.85. The molecule has 5 heteroatoms. The van der Waals surface area contributed by atoms with Crippen LogP contribution in [-0.2, 0) is 4.79 Å². The summed E-state index contributed by atoms with van der Waals surface area (Å²) >= 11 is 4.20. The minimum absolute atomic E-state index is 0.0227. The molecule has 2 N–H and O–H groups in total. The lowest BCUT2D eigenvalue weighted by Crippen LogP contribution is -2.49. The Morgan fingerprint density at radius 3 is 2.78 bits per heavy atom. The molecule has 1 amide bonds. The maximum atomic E-state index is 12.4. The van der Waals surface area contributed by atoms with Crippen LogP contribution in [0.2, 0.25) is 0 Å². The summed E-state index contributed by atoms with van der Waals surface area (Å²) in [6, 6.07) is 9.01. The standard InChI is InChI=1S/C22H30N2OS2/c23-21(25)20-22(10-3-4-11-22)14-19-24(20)12-5-8-18(27-19)16-9-13-26-17-7-2-1-6-15(16)17/h1-2,6-7,16,18-20H,3-5,8-14H2,(H2,23,25)/t16-,18?,19?,20?/m1/s1. The van der Waals surface area contributed by atoms with E-state index in [1.54, 1.807) is 5.56 Å². The lowest BCUT2D eigenvalue weighted by molar-refractivity contribution is -0.125. The first kappa shape index (κ1) is 18.4. The van der Waals surface area contributed by atoms with Crippen LogP contribution in [0.3, 0.4) is 0 Å².